The lowest BCUT2D eigenvalue weighted by Crippen LogP contribution is -2.33. The van der Waals surface area contributed by atoms with Crippen molar-refractivity contribution in [3.05, 3.63) is 60.7 Å². The molecule has 5 nitrogen and oxygen atoms in total. The molecule has 0 atom stereocenters. The van der Waals surface area contributed by atoms with Gasteiger partial charge in [0.2, 0.25) is 0 Å². The van der Waals surface area contributed by atoms with Crippen molar-refractivity contribution in [2.24, 2.45) is 0 Å². The number of unbranched alkanes of at least 4 members (excludes halogenated alkanes) is 27. The number of benzene rings is 2. The molecule has 55 heavy (non-hydrogen) atoms. The van der Waals surface area contributed by atoms with E-state index in [-0.39, 0.29) is 6.15 Å². The third kappa shape index (κ3) is 27.5. The van der Waals surface area contributed by atoms with Crippen LogP contribution in [0, 0.1) is 0 Å². The molecule has 318 valence electrons. The van der Waals surface area contributed by atoms with Gasteiger partial charge in [0.05, 0.1) is 5.60 Å². The first-order chi connectivity index (χ1) is 26.5. The standard InChI is InChI=1S/C49H85O4P.H3N/c1-4-7-10-13-16-19-22-25-28-37-44-49(45-38-29-26-23-20-17-14-11-8-5-2,46-39-30-27-24-21-18-15-12-9-6-3)53-54(50,51-47-40-33-31-34-41-47)52-48-42-35-32-36-43-48;/h31-36,40-43H,4-30,37-39,44-46H2,1-3H3;1H3. The summed E-state index contributed by atoms with van der Waals surface area (Å²) in [5, 5.41) is 0. The van der Waals surface area contributed by atoms with Crippen LogP contribution in [0.15, 0.2) is 60.7 Å². The number of rotatable bonds is 39. The molecule has 0 aliphatic rings. The van der Waals surface area contributed by atoms with Crippen molar-refractivity contribution in [2.45, 2.75) is 238 Å². The molecule has 0 spiro atoms. The molecule has 0 saturated carbocycles. The second-order valence-corrected chi connectivity index (χ2v) is 17.8. The average molecular weight is 786 g/mol. The molecular formula is C49H88NO4P. The molecule has 0 aliphatic heterocycles. The summed E-state index contributed by atoms with van der Waals surface area (Å²) in [5.74, 6) is 1.03. The summed E-state index contributed by atoms with van der Waals surface area (Å²) in [4.78, 5) is 0. The van der Waals surface area contributed by atoms with Gasteiger partial charge >= 0.3 is 7.82 Å². The minimum Gasteiger partial charge on any atom is -0.395 e. The fourth-order valence-corrected chi connectivity index (χ4v) is 9.45. The Morgan fingerprint density at radius 3 is 0.873 bits per heavy atom. The van der Waals surface area contributed by atoms with E-state index in [2.05, 4.69) is 20.8 Å². The smallest absolute Gasteiger partial charge is 0.395 e. The van der Waals surface area contributed by atoms with Crippen LogP contribution in [0.25, 0.3) is 0 Å². The van der Waals surface area contributed by atoms with E-state index in [0.717, 1.165) is 38.5 Å². The van der Waals surface area contributed by atoms with Gasteiger partial charge in [-0.15, -0.1) is 0 Å². The Bertz CT molecular complexity index is 1020. The first kappa shape index (κ1) is 51.2. The normalized spacial score (nSPS) is 11.8. The summed E-state index contributed by atoms with van der Waals surface area (Å²) < 4.78 is 34.5. The molecular weight excluding hydrogens is 698 g/mol. The molecule has 2 aromatic carbocycles. The zero-order chi connectivity index (χ0) is 38.7. The monoisotopic (exact) mass is 786 g/mol. The molecule has 0 radical (unpaired) electrons. The highest BCUT2D eigenvalue weighted by Gasteiger charge is 2.43. The van der Waals surface area contributed by atoms with Gasteiger partial charge in [0, 0.05) is 0 Å². The van der Waals surface area contributed by atoms with Crippen molar-refractivity contribution in [3.63, 3.8) is 0 Å². The third-order valence-corrected chi connectivity index (χ3v) is 12.7. The van der Waals surface area contributed by atoms with Gasteiger partial charge in [-0.05, 0) is 43.5 Å². The molecule has 0 bridgehead atoms. The van der Waals surface area contributed by atoms with Gasteiger partial charge in [-0.25, -0.2) is 4.57 Å². The Kier molecular flexibility index (Phi) is 32.9. The highest BCUT2D eigenvalue weighted by Crippen LogP contribution is 2.55. The minimum absolute atomic E-state index is 0. The Hall–Kier alpha value is -1.81. The van der Waals surface area contributed by atoms with E-state index in [9.17, 15) is 4.57 Å². The molecule has 2 aromatic rings. The maximum atomic E-state index is 14.9. The second kappa shape index (κ2) is 35.4. The molecule has 0 aliphatic carbocycles. The van der Waals surface area contributed by atoms with E-state index in [1.54, 1.807) is 0 Å². The van der Waals surface area contributed by atoms with Gasteiger partial charge in [0.15, 0.2) is 0 Å². The van der Waals surface area contributed by atoms with E-state index in [0.29, 0.717) is 11.5 Å². The van der Waals surface area contributed by atoms with Crippen LogP contribution in [-0.4, -0.2) is 5.60 Å². The zero-order valence-corrected chi connectivity index (χ0v) is 37.3. The first-order valence-corrected chi connectivity index (χ1v) is 24.8. The minimum atomic E-state index is -4.02. The maximum absolute atomic E-state index is 14.9. The molecule has 3 N–H and O–H groups in total. The molecule has 0 saturated heterocycles. The fraction of sp³-hybridized carbons (Fsp3) is 0.755. The van der Waals surface area contributed by atoms with Crippen LogP contribution in [0.3, 0.4) is 0 Å². The summed E-state index contributed by atoms with van der Waals surface area (Å²) in [6.07, 6.45) is 41.7. The molecule has 2 rings (SSSR count). The Labute approximate surface area is 341 Å². The summed E-state index contributed by atoms with van der Waals surface area (Å²) in [6.45, 7) is 6.87. The summed E-state index contributed by atoms with van der Waals surface area (Å²) in [7, 11) is -4.02. The molecule has 6 heteroatoms. The second-order valence-electron chi connectivity index (χ2n) is 16.3. The Balaban J connectivity index is 0.0000151. The number of phosphoric ester groups is 1. The van der Waals surface area contributed by atoms with Crippen LogP contribution in [-0.2, 0) is 9.09 Å². The van der Waals surface area contributed by atoms with Crippen molar-refractivity contribution in [1.29, 1.82) is 0 Å². The number of phosphoric acid groups is 1. The summed E-state index contributed by atoms with van der Waals surface area (Å²) >= 11 is 0. The Morgan fingerprint density at radius 1 is 0.382 bits per heavy atom. The number of para-hydroxylation sites is 2. The van der Waals surface area contributed by atoms with Crippen molar-refractivity contribution < 1.29 is 18.1 Å². The highest BCUT2D eigenvalue weighted by molar-refractivity contribution is 7.49. The van der Waals surface area contributed by atoms with Crippen LogP contribution in [0.2, 0.25) is 0 Å². The SMILES string of the molecule is CCCCCCCCCCCCC(CCCCCCCCCCCC)(CCCCCCCCCCCC)OP(=O)(Oc1ccccc1)Oc1ccccc1.N. The lowest BCUT2D eigenvalue weighted by molar-refractivity contribution is 0.00982. The van der Waals surface area contributed by atoms with Gasteiger partial charge < -0.3 is 15.2 Å². The van der Waals surface area contributed by atoms with E-state index < -0.39 is 13.4 Å². The summed E-state index contributed by atoms with van der Waals surface area (Å²) in [5.41, 5.74) is -0.542. The van der Waals surface area contributed by atoms with Gasteiger partial charge in [-0.1, -0.05) is 250 Å². The van der Waals surface area contributed by atoms with Crippen LogP contribution < -0.4 is 15.2 Å². The van der Waals surface area contributed by atoms with Crippen LogP contribution >= 0.6 is 7.82 Å². The van der Waals surface area contributed by atoms with Crippen LogP contribution in [0.1, 0.15) is 233 Å². The third-order valence-electron chi connectivity index (χ3n) is 11.2. The molecule has 0 amide bonds. The molecule has 0 aromatic heterocycles. The lowest BCUT2D eigenvalue weighted by atomic mass is 9.85. The fourth-order valence-electron chi connectivity index (χ4n) is 7.83. The van der Waals surface area contributed by atoms with E-state index >= 15 is 0 Å². The van der Waals surface area contributed by atoms with Crippen molar-refractivity contribution in [2.75, 3.05) is 0 Å². The lowest BCUT2D eigenvalue weighted by Gasteiger charge is -2.36. The molecule has 0 fully saturated rings. The predicted octanol–water partition coefficient (Wildman–Crippen LogP) is 18.1. The zero-order valence-electron chi connectivity index (χ0n) is 36.4. The van der Waals surface area contributed by atoms with E-state index in [4.69, 9.17) is 13.6 Å². The molecule has 0 heterocycles. The number of hydrogen-bond acceptors (Lipinski definition) is 5. The number of hydrogen-bond donors (Lipinski definition) is 1. The van der Waals surface area contributed by atoms with Crippen LogP contribution in [0.5, 0.6) is 11.5 Å². The quantitative estimate of drug-likeness (QED) is 0.0539. The predicted molar refractivity (Wildman–Crippen MR) is 240 cm³/mol. The topological polar surface area (TPSA) is 79.8 Å². The van der Waals surface area contributed by atoms with Gasteiger partial charge in [0.25, 0.3) is 0 Å². The van der Waals surface area contributed by atoms with E-state index in [1.165, 1.54) is 173 Å². The first-order valence-electron chi connectivity index (χ1n) is 23.3. The van der Waals surface area contributed by atoms with Gasteiger partial charge in [0.1, 0.15) is 11.5 Å². The van der Waals surface area contributed by atoms with Crippen molar-refractivity contribution >= 4 is 7.82 Å². The largest absolute Gasteiger partial charge is 0.588 e. The highest BCUT2D eigenvalue weighted by atomic mass is 31.2. The average Bonchev–Trinajstić information content (AvgIpc) is 3.17. The molecule has 0 unspecified atom stereocenters. The van der Waals surface area contributed by atoms with Gasteiger partial charge in [-0.2, -0.15) is 0 Å². The van der Waals surface area contributed by atoms with Crippen LogP contribution in [0.4, 0.5) is 0 Å². The van der Waals surface area contributed by atoms with Crippen molar-refractivity contribution in [3.8, 4) is 11.5 Å². The van der Waals surface area contributed by atoms with Crippen molar-refractivity contribution in [1.82, 2.24) is 6.15 Å². The van der Waals surface area contributed by atoms with E-state index in [1.807, 2.05) is 60.7 Å². The van der Waals surface area contributed by atoms with Gasteiger partial charge in [-0.3, -0.25) is 4.52 Å². The Morgan fingerprint density at radius 2 is 0.618 bits per heavy atom. The maximum Gasteiger partial charge on any atom is 0.588 e. The summed E-state index contributed by atoms with van der Waals surface area (Å²) in [6, 6.07) is 18.9.